The van der Waals surface area contributed by atoms with Crippen LogP contribution in [-0.2, 0) is 4.79 Å². The summed E-state index contributed by atoms with van der Waals surface area (Å²) in [4.78, 5) is 18.5. The molecule has 0 atom stereocenters. The SMILES string of the molecule is CC1(O)CCC(Nc2nc(Nc3ccc(N4CCCC4=O)cc3Cl)nn3cccc23)CC1. The van der Waals surface area contributed by atoms with E-state index in [1.807, 2.05) is 37.4 Å². The summed E-state index contributed by atoms with van der Waals surface area (Å²) in [5.41, 5.74) is 1.79. The molecule has 32 heavy (non-hydrogen) atoms. The van der Waals surface area contributed by atoms with Gasteiger partial charge in [0.25, 0.3) is 0 Å². The molecule has 3 aromatic rings. The van der Waals surface area contributed by atoms with Gasteiger partial charge >= 0.3 is 0 Å². The van der Waals surface area contributed by atoms with Crippen molar-refractivity contribution in [2.75, 3.05) is 22.1 Å². The summed E-state index contributed by atoms with van der Waals surface area (Å²) in [5.74, 6) is 1.29. The second-order valence-electron chi connectivity index (χ2n) is 8.98. The fraction of sp³-hybridized carbons (Fsp3) is 0.435. The fourth-order valence-electron chi connectivity index (χ4n) is 4.49. The summed E-state index contributed by atoms with van der Waals surface area (Å²) in [5, 5.41) is 22.0. The maximum Gasteiger partial charge on any atom is 0.247 e. The van der Waals surface area contributed by atoms with Gasteiger partial charge in [-0.2, -0.15) is 4.98 Å². The van der Waals surface area contributed by atoms with Crippen LogP contribution in [0.25, 0.3) is 5.52 Å². The maximum atomic E-state index is 12.0. The predicted octanol–water partition coefficient (Wildman–Crippen LogP) is 4.36. The van der Waals surface area contributed by atoms with E-state index in [-0.39, 0.29) is 11.9 Å². The lowest BCUT2D eigenvalue weighted by Crippen LogP contribution is -2.36. The molecule has 168 valence electrons. The van der Waals surface area contributed by atoms with Crippen molar-refractivity contribution in [1.29, 1.82) is 0 Å². The number of nitrogens with zero attached hydrogens (tertiary/aromatic N) is 4. The van der Waals surface area contributed by atoms with E-state index in [4.69, 9.17) is 16.6 Å². The van der Waals surface area contributed by atoms with Gasteiger partial charge in [-0.1, -0.05) is 11.6 Å². The van der Waals surface area contributed by atoms with Crippen LogP contribution in [0.15, 0.2) is 36.5 Å². The monoisotopic (exact) mass is 454 g/mol. The third kappa shape index (κ3) is 4.25. The number of hydrogen-bond acceptors (Lipinski definition) is 6. The highest BCUT2D eigenvalue weighted by molar-refractivity contribution is 6.33. The fourth-order valence-corrected chi connectivity index (χ4v) is 4.71. The number of anilines is 4. The maximum absolute atomic E-state index is 12.0. The van der Waals surface area contributed by atoms with Crippen molar-refractivity contribution < 1.29 is 9.90 Å². The van der Waals surface area contributed by atoms with Crippen LogP contribution in [-0.4, -0.2) is 43.8 Å². The lowest BCUT2D eigenvalue weighted by molar-refractivity contribution is -0.117. The first kappa shape index (κ1) is 21.0. The van der Waals surface area contributed by atoms with E-state index in [2.05, 4.69) is 15.7 Å². The van der Waals surface area contributed by atoms with Crippen LogP contribution in [0, 0.1) is 0 Å². The lowest BCUT2D eigenvalue weighted by atomic mass is 9.84. The Morgan fingerprint density at radius 2 is 2.06 bits per heavy atom. The molecule has 0 unspecified atom stereocenters. The van der Waals surface area contributed by atoms with E-state index in [1.165, 1.54) is 0 Å². The molecule has 1 aliphatic carbocycles. The first-order valence-electron chi connectivity index (χ1n) is 11.1. The molecule has 0 radical (unpaired) electrons. The molecule has 3 N–H and O–H groups in total. The molecule has 0 bridgehead atoms. The Balaban J connectivity index is 1.37. The van der Waals surface area contributed by atoms with E-state index in [9.17, 15) is 9.90 Å². The van der Waals surface area contributed by atoms with Crippen LogP contribution in [0.2, 0.25) is 5.02 Å². The van der Waals surface area contributed by atoms with Gasteiger partial charge in [0, 0.05) is 30.9 Å². The molecule has 3 heterocycles. The van der Waals surface area contributed by atoms with Crippen LogP contribution in [0.1, 0.15) is 45.4 Å². The predicted molar refractivity (Wildman–Crippen MR) is 126 cm³/mol. The van der Waals surface area contributed by atoms with Gasteiger partial charge in [0.1, 0.15) is 5.52 Å². The minimum Gasteiger partial charge on any atom is -0.390 e. The smallest absolute Gasteiger partial charge is 0.247 e. The summed E-state index contributed by atoms with van der Waals surface area (Å²) in [6.45, 7) is 2.62. The summed E-state index contributed by atoms with van der Waals surface area (Å²) in [6.07, 6.45) is 6.62. The zero-order valence-electron chi connectivity index (χ0n) is 18.0. The third-order valence-electron chi connectivity index (χ3n) is 6.38. The first-order chi connectivity index (χ1) is 15.4. The Bertz CT molecular complexity index is 1150. The van der Waals surface area contributed by atoms with Gasteiger partial charge in [-0.05, 0) is 69.4 Å². The van der Waals surface area contributed by atoms with E-state index in [0.29, 0.717) is 23.1 Å². The summed E-state index contributed by atoms with van der Waals surface area (Å²) in [7, 11) is 0. The second kappa shape index (κ2) is 8.26. The number of nitrogens with one attached hydrogen (secondary N) is 2. The molecule has 0 spiro atoms. The Morgan fingerprint density at radius 3 is 2.78 bits per heavy atom. The number of carbonyl (C=O) groups excluding carboxylic acids is 1. The highest BCUT2D eigenvalue weighted by Gasteiger charge is 2.29. The zero-order valence-corrected chi connectivity index (χ0v) is 18.8. The van der Waals surface area contributed by atoms with Crippen molar-refractivity contribution in [3.8, 4) is 0 Å². The standard InChI is InChI=1S/C23H27ClN6O2/c1-23(32)10-8-15(9-11-23)25-21-19-4-2-13-30(19)28-22(27-21)26-18-7-6-16(14-17(18)24)29-12-3-5-20(29)31/h2,4,6-7,13-15,32H,3,5,8-12H2,1H3,(H2,25,26,27,28). The van der Waals surface area contributed by atoms with Gasteiger partial charge in [0.15, 0.2) is 5.82 Å². The highest BCUT2D eigenvalue weighted by Crippen LogP contribution is 2.33. The van der Waals surface area contributed by atoms with Crippen LogP contribution in [0.4, 0.5) is 23.1 Å². The summed E-state index contributed by atoms with van der Waals surface area (Å²) >= 11 is 6.52. The second-order valence-corrected chi connectivity index (χ2v) is 9.38. The molecule has 2 fully saturated rings. The van der Waals surface area contributed by atoms with Crippen molar-refractivity contribution in [3.63, 3.8) is 0 Å². The molecule has 1 amide bonds. The Hall–Kier alpha value is -2.84. The van der Waals surface area contributed by atoms with E-state index in [1.54, 1.807) is 15.5 Å². The van der Waals surface area contributed by atoms with Gasteiger partial charge in [0.05, 0.1) is 16.3 Å². The van der Waals surface area contributed by atoms with E-state index >= 15 is 0 Å². The van der Waals surface area contributed by atoms with Gasteiger partial charge in [-0.15, -0.1) is 5.10 Å². The number of benzene rings is 1. The minimum atomic E-state index is -0.580. The Morgan fingerprint density at radius 1 is 1.25 bits per heavy atom. The molecule has 5 rings (SSSR count). The molecule has 1 aromatic carbocycles. The van der Waals surface area contributed by atoms with Crippen molar-refractivity contribution >= 4 is 46.2 Å². The number of amides is 1. The number of carbonyl (C=O) groups is 1. The number of fused-ring (bicyclic) bond motifs is 1. The first-order valence-corrected chi connectivity index (χ1v) is 11.5. The van der Waals surface area contributed by atoms with Crippen molar-refractivity contribution in [2.24, 2.45) is 0 Å². The van der Waals surface area contributed by atoms with Crippen LogP contribution in [0.5, 0.6) is 0 Å². The summed E-state index contributed by atoms with van der Waals surface area (Å²) < 4.78 is 1.78. The lowest BCUT2D eigenvalue weighted by Gasteiger charge is -2.33. The molecule has 8 nitrogen and oxygen atoms in total. The van der Waals surface area contributed by atoms with Gasteiger partial charge in [-0.3, -0.25) is 4.79 Å². The van der Waals surface area contributed by atoms with Gasteiger partial charge < -0.3 is 20.6 Å². The molecule has 1 aliphatic heterocycles. The molecule has 2 aromatic heterocycles. The number of aromatic nitrogens is 3. The number of hydrogen-bond donors (Lipinski definition) is 3. The zero-order chi connectivity index (χ0) is 22.3. The molecular weight excluding hydrogens is 428 g/mol. The average Bonchev–Trinajstić information content (AvgIpc) is 3.40. The highest BCUT2D eigenvalue weighted by atomic mass is 35.5. The van der Waals surface area contributed by atoms with Crippen molar-refractivity contribution in [1.82, 2.24) is 14.6 Å². The molecule has 2 aliphatic rings. The molecule has 1 saturated heterocycles. The quantitative estimate of drug-likeness (QED) is 0.530. The topological polar surface area (TPSA) is 94.8 Å². The van der Waals surface area contributed by atoms with Gasteiger partial charge in [0.2, 0.25) is 11.9 Å². The minimum absolute atomic E-state index is 0.128. The van der Waals surface area contributed by atoms with Crippen molar-refractivity contribution in [2.45, 2.75) is 57.1 Å². The normalized spacial score (nSPS) is 23.7. The molecule has 9 heteroatoms. The Labute approximate surface area is 191 Å². The van der Waals surface area contributed by atoms with Crippen LogP contribution < -0.4 is 15.5 Å². The number of halogens is 1. The third-order valence-corrected chi connectivity index (χ3v) is 6.69. The summed E-state index contributed by atoms with van der Waals surface area (Å²) in [6, 6.07) is 9.69. The average molecular weight is 455 g/mol. The molecular formula is C23H27ClN6O2. The largest absolute Gasteiger partial charge is 0.390 e. The van der Waals surface area contributed by atoms with E-state index < -0.39 is 5.60 Å². The van der Waals surface area contributed by atoms with Crippen LogP contribution >= 0.6 is 11.6 Å². The van der Waals surface area contributed by atoms with Crippen molar-refractivity contribution in [3.05, 3.63) is 41.6 Å². The van der Waals surface area contributed by atoms with Crippen LogP contribution in [0.3, 0.4) is 0 Å². The van der Waals surface area contributed by atoms with Gasteiger partial charge in [-0.25, -0.2) is 4.52 Å². The molecule has 1 saturated carbocycles. The van der Waals surface area contributed by atoms with E-state index in [0.717, 1.165) is 55.7 Å². The Kier molecular flexibility index (Phi) is 5.43. The number of aliphatic hydroxyl groups is 1. The number of rotatable bonds is 5.